The van der Waals surface area contributed by atoms with Gasteiger partial charge in [0.05, 0.1) is 0 Å². The summed E-state index contributed by atoms with van der Waals surface area (Å²) in [7, 11) is 0. The molecule has 0 aromatic heterocycles. The Morgan fingerprint density at radius 3 is 2.62 bits per heavy atom. The summed E-state index contributed by atoms with van der Waals surface area (Å²) < 4.78 is 0. The molecular formula is C11H17NS. The normalized spacial score (nSPS) is 12.8. The van der Waals surface area contributed by atoms with E-state index in [4.69, 9.17) is 5.73 Å². The molecule has 1 aromatic carbocycles. The third-order valence-corrected chi connectivity index (χ3v) is 3.68. The van der Waals surface area contributed by atoms with Crippen LogP contribution in [0.1, 0.15) is 18.9 Å². The van der Waals surface area contributed by atoms with Crippen LogP contribution >= 0.6 is 11.8 Å². The van der Waals surface area contributed by atoms with E-state index in [2.05, 4.69) is 38.1 Å². The molecule has 1 atom stereocenters. The molecule has 0 bridgehead atoms. The highest BCUT2D eigenvalue weighted by Gasteiger charge is 2.06. The topological polar surface area (TPSA) is 26.0 Å². The first-order valence-electron chi connectivity index (χ1n) is 4.70. The van der Waals surface area contributed by atoms with Crippen LogP contribution in [-0.4, -0.2) is 11.8 Å². The van der Waals surface area contributed by atoms with Gasteiger partial charge in [0.25, 0.3) is 0 Å². The molecule has 1 rings (SSSR count). The quantitative estimate of drug-likeness (QED) is 0.748. The smallest absolute Gasteiger partial charge is 0.0215 e. The second-order valence-electron chi connectivity index (χ2n) is 3.15. The van der Waals surface area contributed by atoms with E-state index in [1.807, 2.05) is 11.8 Å². The molecule has 0 heterocycles. The lowest BCUT2D eigenvalue weighted by Gasteiger charge is -2.12. The van der Waals surface area contributed by atoms with Crippen molar-refractivity contribution in [2.45, 2.75) is 30.4 Å². The minimum Gasteiger partial charge on any atom is -0.329 e. The zero-order valence-electron chi connectivity index (χ0n) is 8.29. The Labute approximate surface area is 84.7 Å². The van der Waals surface area contributed by atoms with Crippen LogP contribution in [0.3, 0.4) is 0 Å². The Bertz CT molecular complexity index is 256. The summed E-state index contributed by atoms with van der Waals surface area (Å²) in [5.74, 6) is 0. The first kappa shape index (κ1) is 10.6. The summed E-state index contributed by atoms with van der Waals surface area (Å²) >= 11 is 1.89. The highest BCUT2D eigenvalue weighted by molar-refractivity contribution is 8.00. The van der Waals surface area contributed by atoms with Gasteiger partial charge in [0.1, 0.15) is 0 Å². The summed E-state index contributed by atoms with van der Waals surface area (Å²) in [5.41, 5.74) is 7.01. The average molecular weight is 195 g/mol. The van der Waals surface area contributed by atoms with Crippen LogP contribution < -0.4 is 5.73 Å². The third kappa shape index (κ3) is 3.05. The van der Waals surface area contributed by atoms with Gasteiger partial charge in [0, 0.05) is 16.7 Å². The molecule has 0 radical (unpaired) electrons. The van der Waals surface area contributed by atoms with Crippen molar-refractivity contribution in [2.75, 3.05) is 6.54 Å². The average Bonchev–Trinajstić information content (AvgIpc) is 2.17. The lowest BCUT2D eigenvalue weighted by atomic mass is 10.2. The van der Waals surface area contributed by atoms with Crippen LogP contribution in [0.5, 0.6) is 0 Å². The Kier molecular flexibility index (Phi) is 4.33. The molecule has 0 aliphatic carbocycles. The SMILES string of the molecule is CCC(CN)Sc1ccccc1C. The maximum Gasteiger partial charge on any atom is 0.0215 e. The van der Waals surface area contributed by atoms with E-state index in [9.17, 15) is 0 Å². The van der Waals surface area contributed by atoms with Crippen LogP contribution in [-0.2, 0) is 0 Å². The summed E-state index contributed by atoms with van der Waals surface area (Å²) in [6, 6.07) is 8.46. The van der Waals surface area contributed by atoms with Crippen molar-refractivity contribution in [1.82, 2.24) is 0 Å². The van der Waals surface area contributed by atoms with Gasteiger partial charge in [-0.1, -0.05) is 25.1 Å². The van der Waals surface area contributed by atoms with Gasteiger partial charge in [0.15, 0.2) is 0 Å². The molecule has 2 heteroatoms. The molecule has 0 aliphatic rings. The van der Waals surface area contributed by atoms with E-state index < -0.39 is 0 Å². The lowest BCUT2D eigenvalue weighted by molar-refractivity contribution is 0.826. The summed E-state index contributed by atoms with van der Waals surface area (Å²) in [4.78, 5) is 1.36. The number of benzene rings is 1. The second kappa shape index (κ2) is 5.30. The Balaban J connectivity index is 2.67. The van der Waals surface area contributed by atoms with Gasteiger partial charge in [-0.05, 0) is 25.0 Å². The van der Waals surface area contributed by atoms with Crippen molar-refractivity contribution < 1.29 is 0 Å². The van der Waals surface area contributed by atoms with Crippen LogP contribution in [0.15, 0.2) is 29.2 Å². The van der Waals surface area contributed by atoms with Crippen LogP contribution in [0.2, 0.25) is 0 Å². The first-order chi connectivity index (χ1) is 6.27. The summed E-state index contributed by atoms with van der Waals surface area (Å²) in [6.07, 6.45) is 1.13. The molecule has 0 amide bonds. The van der Waals surface area contributed by atoms with Gasteiger partial charge < -0.3 is 5.73 Å². The van der Waals surface area contributed by atoms with Crippen molar-refractivity contribution in [2.24, 2.45) is 5.73 Å². The standard InChI is InChI=1S/C11H17NS/c1-3-10(8-12)13-11-7-5-4-6-9(11)2/h4-7,10H,3,8,12H2,1-2H3. The fourth-order valence-electron chi connectivity index (χ4n) is 1.17. The Hall–Kier alpha value is -0.470. The molecule has 72 valence electrons. The number of rotatable bonds is 4. The minimum absolute atomic E-state index is 0.557. The predicted octanol–water partition coefficient (Wildman–Crippen LogP) is 2.82. The van der Waals surface area contributed by atoms with E-state index in [-0.39, 0.29) is 0 Å². The maximum atomic E-state index is 5.66. The van der Waals surface area contributed by atoms with Crippen molar-refractivity contribution in [3.8, 4) is 0 Å². The number of nitrogens with two attached hydrogens (primary N) is 1. The number of thioether (sulfide) groups is 1. The zero-order chi connectivity index (χ0) is 9.68. The molecule has 0 spiro atoms. The van der Waals surface area contributed by atoms with Crippen molar-refractivity contribution in [1.29, 1.82) is 0 Å². The Morgan fingerprint density at radius 2 is 2.08 bits per heavy atom. The largest absolute Gasteiger partial charge is 0.329 e. The fraction of sp³-hybridized carbons (Fsp3) is 0.455. The van der Waals surface area contributed by atoms with Gasteiger partial charge in [-0.25, -0.2) is 0 Å². The fourth-order valence-corrected chi connectivity index (χ4v) is 2.20. The van der Waals surface area contributed by atoms with Crippen LogP contribution in [0.4, 0.5) is 0 Å². The van der Waals surface area contributed by atoms with E-state index in [1.165, 1.54) is 10.5 Å². The zero-order valence-corrected chi connectivity index (χ0v) is 9.10. The van der Waals surface area contributed by atoms with Crippen LogP contribution in [0, 0.1) is 6.92 Å². The molecule has 0 fully saturated rings. The van der Waals surface area contributed by atoms with E-state index in [1.54, 1.807) is 0 Å². The number of aryl methyl sites for hydroxylation is 1. The molecule has 1 nitrogen and oxygen atoms in total. The van der Waals surface area contributed by atoms with E-state index >= 15 is 0 Å². The number of hydrogen-bond acceptors (Lipinski definition) is 2. The van der Waals surface area contributed by atoms with Gasteiger partial charge in [-0.15, -0.1) is 11.8 Å². The second-order valence-corrected chi connectivity index (χ2v) is 4.49. The van der Waals surface area contributed by atoms with Crippen molar-refractivity contribution in [3.63, 3.8) is 0 Å². The minimum atomic E-state index is 0.557. The molecular weight excluding hydrogens is 178 g/mol. The molecule has 0 aliphatic heterocycles. The van der Waals surface area contributed by atoms with E-state index in [0.29, 0.717) is 5.25 Å². The van der Waals surface area contributed by atoms with Crippen molar-refractivity contribution in [3.05, 3.63) is 29.8 Å². The molecule has 2 N–H and O–H groups in total. The monoisotopic (exact) mass is 195 g/mol. The summed E-state index contributed by atoms with van der Waals surface area (Å²) in [6.45, 7) is 5.09. The van der Waals surface area contributed by atoms with Gasteiger partial charge in [0.2, 0.25) is 0 Å². The summed E-state index contributed by atoms with van der Waals surface area (Å²) in [5, 5.41) is 0.557. The molecule has 13 heavy (non-hydrogen) atoms. The third-order valence-electron chi connectivity index (χ3n) is 2.11. The molecule has 0 saturated carbocycles. The van der Waals surface area contributed by atoms with Gasteiger partial charge in [-0.3, -0.25) is 0 Å². The maximum absolute atomic E-state index is 5.66. The Morgan fingerprint density at radius 1 is 1.38 bits per heavy atom. The lowest BCUT2D eigenvalue weighted by Crippen LogP contribution is -2.15. The predicted molar refractivity (Wildman–Crippen MR) is 60.2 cm³/mol. The molecule has 0 saturated heterocycles. The van der Waals surface area contributed by atoms with E-state index in [0.717, 1.165) is 13.0 Å². The van der Waals surface area contributed by atoms with Crippen molar-refractivity contribution >= 4 is 11.8 Å². The van der Waals surface area contributed by atoms with Gasteiger partial charge in [-0.2, -0.15) is 0 Å². The highest BCUT2D eigenvalue weighted by atomic mass is 32.2. The number of hydrogen-bond donors (Lipinski definition) is 1. The highest BCUT2D eigenvalue weighted by Crippen LogP contribution is 2.27. The van der Waals surface area contributed by atoms with Crippen LogP contribution in [0.25, 0.3) is 0 Å². The molecule has 1 aromatic rings. The first-order valence-corrected chi connectivity index (χ1v) is 5.58. The molecule has 1 unspecified atom stereocenters. The van der Waals surface area contributed by atoms with Gasteiger partial charge >= 0.3 is 0 Å².